The molecule has 0 aliphatic carbocycles. The van der Waals surface area contributed by atoms with Crippen LogP contribution < -0.4 is 4.74 Å². The second kappa shape index (κ2) is 6.08. The number of nitriles is 1. The number of rotatable bonds is 5. The van der Waals surface area contributed by atoms with Crippen LogP contribution >= 0.6 is 11.5 Å². The summed E-state index contributed by atoms with van der Waals surface area (Å²) in [5, 5.41) is 9.59. The highest BCUT2D eigenvalue weighted by molar-refractivity contribution is 7.10. The van der Waals surface area contributed by atoms with E-state index >= 15 is 0 Å². The van der Waals surface area contributed by atoms with Gasteiger partial charge in [-0.1, -0.05) is 6.92 Å². The van der Waals surface area contributed by atoms with Gasteiger partial charge in [-0.2, -0.15) is 9.64 Å². The molecule has 16 heavy (non-hydrogen) atoms. The van der Waals surface area contributed by atoms with E-state index in [0.717, 1.165) is 6.42 Å². The molecule has 0 saturated carbocycles. The zero-order chi connectivity index (χ0) is 12.0. The number of hydrogen-bond acceptors (Lipinski definition) is 5. The maximum Gasteiger partial charge on any atom is 0.245 e. The van der Waals surface area contributed by atoms with Crippen LogP contribution in [0.5, 0.6) is 5.88 Å². The third-order valence-corrected chi connectivity index (χ3v) is 2.34. The normalized spacial score (nSPS) is 10.4. The van der Waals surface area contributed by atoms with Gasteiger partial charge in [-0.25, -0.2) is 4.99 Å². The Morgan fingerprint density at radius 1 is 1.62 bits per heavy atom. The Bertz CT molecular complexity index is 405. The van der Waals surface area contributed by atoms with Gasteiger partial charge in [-0.3, -0.25) is 0 Å². The lowest BCUT2D eigenvalue weighted by Gasteiger charge is -2.01. The highest BCUT2D eigenvalue weighted by atomic mass is 32.1. The Kier molecular flexibility index (Phi) is 4.73. The van der Waals surface area contributed by atoms with E-state index in [-0.39, 0.29) is 0 Å². The molecule has 1 aromatic heterocycles. The summed E-state index contributed by atoms with van der Waals surface area (Å²) in [6.45, 7) is 2.57. The van der Waals surface area contributed by atoms with Crippen LogP contribution in [-0.2, 0) is 0 Å². The molecule has 0 amide bonds. The first-order valence-corrected chi connectivity index (χ1v) is 5.69. The van der Waals surface area contributed by atoms with Gasteiger partial charge in [0, 0.05) is 14.1 Å². The van der Waals surface area contributed by atoms with E-state index in [9.17, 15) is 0 Å². The molecule has 1 rings (SSSR count). The van der Waals surface area contributed by atoms with Crippen molar-refractivity contribution in [3.8, 4) is 11.9 Å². The van der Waals surface area contributed by atoms with Crippen molar-refractivity contribution in [2.45, 2.75) is 13.3 Å². The number of ether oxygens (including phenoxy) is 1. The first kappa shape index (κ1) is 12.5. The molecular formula is C10H14N4OS. The van der Waals surface area contributed by atoms with Gasteiger partial charge in [0.05, 0.1) is 12.9 Å². The Balaban J connectivity index is 2.87. The smallest absolute Gasteiger partial charge is 0.245 e. The minimum absolute atomic E-state index is 0.389. The van der Waals surface area contributed by atoms with Crippen LogP contribution in [-0.4, -0.2) is 36.3 Å². The Labute approximate surface area is 99.1 Å². The van der Waals surface area contributed by atoms with E-state index in [1.165, 1.54) is 11.5 Å². The molecule has 1 heterocycles. The molecule has 0 spiro atoms. The molecule has 0 bridgehead atoms. The van der Waals surface area contributed by atoms with Crippen molar-refractivity contribution in [2.75, 3.05) is 20.7 Å². The summed E-state index contributed by atoms with van der Waals surface area (Å²) in [5.41, 5.74) is 0.413. The molecule has 0 radical (unpaired) electrons. The van der Waals surface area contributed by atoms with Crippen molar-refractivity contribution in [3.05, 3.63) is 5.56 Å². The van der Waals surface area contributed by atoms with Crippen molar-refractivity contribution >= 4 is 22.9 Å². The van der Waals surface area contributed by atoms with Crippen molar-refractivity contribution in [1.82, 2.24) is 9.27 Å². The van der Waals surface area contributed by atoms with Gasteiger partial charge in [0.25, 0.3) is 0 Å². The highest BCUT2D eigenvalue weighted by Crippen LogP contribution is 2.31. The molecule has 0 aromatic carbocycles. The molecule has 0 unspecified atom stereocenters. The van der Waals surface area contributed by atoms with Gasteiger partial charge in [0.2, 0.25) is 5.88 Å². The van der Waals surface area contributed by atoms with Gasteiger partial charge >= 0.3 is 0 Å². The van der Waals surface area contributed by atoms with Gasteiger partial charge in [0.1, 0.15) is 6.07 Å². The molecular weight excluding hydrogens is 224 g/mol. The molecule has 86 valence electrons. The average molecular weight is 238 g/mol. The fourth-order valence-corrected chi connectivity index (χ4v) is 1.55. The number of aromatic nitrogens is 1. The summed E-state index contributed by atoms with van der Waals surface area (Å²) in [5.74, 6) is 0.389. The van der Waals surface area contributed by atoms with Crippen molar-refractivity contribution in [2.24, 2.45) is 4.99 Å². The predicted molar refractivity (Wildman–Crippen MR) is 64.5 cm³/mol. The summed E-state index contributed by atoms with van der Waals surface area (Å²) in [4.78, 5) is 5.96. The van der Waals surface area contributed by atoms with Crippen LogP contribution in [0.25, 0.3) is 0 Å². The lowest BCUT2D eigenvalue weighted by molar-refractivity contribution is 0.307. The molecule has 0 aliphatic rings. The van der Waals surface area contributed by atoms with E-state index in [1.54, 1.807) is 11.2 Å². The zero-order valence-corrected chi connectivity index (χ0v) is 10.4. The van der Waals surface area contributed by atoms with Crippen molar-refractivity contribution in [1.29, 1.82) is 5.26 Å². The molecule has 0 aliphatic heterocycles. The molecule has 0 fully saturated rings. The third-order valence-electron chi connectivity index (χ3n) is 1.60. The molecule has 0 saturated heterocycles. The fourth-order valence-electron chi connectivity index (χ4n) is 0.916. The zero-order valence-electron chi connectivity index (χ0n) is 9.60. The molecule has 5 nitrogen and oxygen atoms in total. The van der Waals surface area contributed by atoms with E-state index < -0.39 is 0 Å². The van der Waals surface area contributed by atoms with Crippen molar-refractivity contribution < 1.29 is 4.74 Å². The standard InChI is InChI=1S/C10H14N4OS/c1-4-5-15-9-8(6-11)10(16-13-9)12-7-14(2)3/h7H,4-5H2,1-3H3. The molecule has 0 N–H and O–H groups in total. The van der Waals surface area contributed by atoms with Crippen LogP contribution in [0.3, 0.4) is 0 Å². The van der Waals surface area contributed by atoms with Gasteiger partial charge in [-0.05, 0) is 18.0 Å². The van der Waals surface area contributed by atoms with E-state index in [4.69, 9.17) is 10.00 Å². The fraction of sp³-hybridized carbons (Fsp3) is 0.500. The van der Waals surface area contributed by atoms with Crippen LogP contribution in [0.4, 0.5) is 5.00 Å². The number of hydrogen-bond donors (Lipinski definition) is 0. The summed E-state index contributed by atoms with van der Waals surface area (Å²) >= 11 is 1.17. The predicted octanol–water partition coefficient (Wildman–Crippen LogP) is 2.02. The first-order chi connectivity index (χ1) is 7.69. The van der Waals surface area contributed by atoms with E-state index in [0.29, 0.717) is 23.1 Å². The first-order valence-electron chi connectivity index (χ1n) is 4.92. The monoisotopic (exact) mass is 238 g/mol. The summed E-state index contributed by atoms with van der Waals surface area (Å²) in [6.07, 6.45) is 2.52. The summed E-state index contributed by atoms with van der Waals surface area (Å²) in [6, 6.07) is 2.07. The SMILES string of the molecule is CCCOc1nsc(N=CN(C)C)c1C#N. The molecule has 6 heteroatoms. The summed E-state index contributed by atoms with van der Waals surface area (Å²) < 4.78 is 9.42. The minimum atomic E-state index is 0.389. The Morgan fingerprint density at radius 3 is 2.94 bits per heavy atom. The maximum atomic E-state index is 9.00. The Hall–Kier alpha value is -1.61. The second-order valence-corrected chi connectivity index (χ2v) is 4.09. The highest BCUT2D eigenvalue weighted by Gasteiger charge is 2.13. The molecule has 0 atom stereocenters. The van der Waals surface area contributed by atoms with Crippen LogP contribution in [0.2, 0.25) is 0 Å². The second-order valence-electron chi connectivity index (χ2n) is 3.34. The lowest BCUT2D eigenvalue weighted by Crippen LogP contribution is -2.06. The topological polar surface area (TPSA) is 61.5 Å². The van der Waals surface area contributed by atoms with Gasteiger partial charge < -0.3 is 9.64 Å². The van der Waals surface area contributed by atoms with Crippen molar-refractivity contribution in [3.63, 3.8) is 0 Å². The Morgan fingerprint density at radius 2 is 2.38 bits per heavy atom. The average Bonchev–Trinajstić information content (AvgIpc) is 2.65. The lowest BCUT2D eigenvalue weighted by atomic mass is 10.3. The molecule has 1 aromatic rings. The largest absolute Gasteiger partial charge is 0.476 e. The number of aliphatic imine (C=N–C) groups is 1. The van der Waals surface area contributed by atoms with Crippen LogP contribution in [0.1, 0.15) is 18.9 Å². The minimum Gasteiger partial charge on any atom is -0.476 e. The quantitative estimate of drug-likeness (QED) is 0.581. The van der Waals surface area contributed by atoms with Crippen LogP contribution in [0.15, 0.2) is 4.99 Å². The van der Waals surface area contributed by atoms with Gasteiger partial charge in [-0.15, -0.1) is 0 Å². The summed E-state index contributed by atoms with van der Waals surface area (Å²) in [7, 11) is 3.73. The van der Waals surface area contributed by atoms with Gasteiger partial charge in [0.15, 0.2) is 10.6 Å². The van der Waals surface area contributed by atoms with E-state index in [1.807, 2.05) is 21.0 Å². The van der Waals surface area contributed by atoms with Crippen LogP contribution in [0, 0.1) is 11.3 Å². The maximum absolute atomic E-state index is 9.00. The van der Waals surface area contributed by atoms with E-state index in [2.05, 4.69) is 15.4 Å². The number of nitrogens with zero attached hydrogens (tertiary/aromatic N) is 4. The third kappa shape index (κ3) is 3.21.